The highest BCUT2D eigenvalue weighted by Crippen LogP contribution is 2.27. The quantitative estimate of drug-likeness (QED) is 0.791. The third-order valence-corrected chi connectivity index (χ3v) is 3.49. The van der Waals surface area contributed by atoms with Crippen LogP contribution in [0.4, 0.5) is 10.2 Å². The number of hydrogen-bond acceptors (Lipinski definition) is 2. The number of nitrogens with zero attached hydrogens (tertiary/aromatic N) is 2. The van der Waals surface area contributed by atoms with Crippen molar-refractivity contribution in [2.75, 3.05) is 5.73 Å². The Morgan fingerprint density at radius 3 is 2.52 bits per heavy atom. The maximum Gasteiger partial charge on any atom is 0.140 e. The van der Waals surface area contributed by atoms with Gasteiger partial charge in [-0.05, 0) is 30.0 Å². The average Bonchev–Trinajstić information content (AvgIpc) is 2.76. The van der Waals surface area contributed by atoms with Crippen LogP contribution in [-0.2, 0) is 6.42 Å². The van der Waals surface area contributed by atoms with Gasteiger partial charge in [-0.2, -0.15) is 0 Å². The highest BCUT2D eigenvalue weighted by Gasteiger charge is 2.11. The molecule has 0 atom stereocenters. The maximum atomic E-state index is 13.3. The van der Waals surface area contributed by atoms with Gasteiger partial charge in [-0.1, -0.05) is 38.1 Å². The zero-order chi connectivity index (χ0) is 15.0. The molecule has 0 aliphatic carbocycles. The summed E-state index contributed by atoms with van der Waals surface area (Å²) in [7, 11) is 0. The number of rotatable bonds is 3. The van der Waals surface area contributed by atoms with Crippen molar-refractivity contribution in [3.63, 3.8) is 0 Å². The van der Waals surface area contributed by atoms with E-state index >= 15 is 0 Å². The van der Waals surface area contributed by atoms with E-state index in [-0.39, 0.29) is 5.82 Å². The molecule has 0 bridgehead atoms. The smallest absolute Gasteiger partial charge is 0.140 e. The molecule has 0 spiro atoms. The predicted octanol–water partition coefficient (Wildman–Crippen LogP) is 3.92. The summed E-state index contributed by atoms with van der Waals surface area (Å²) in [5, 5.41) is 0. The summed E-state index contributed by atoms with van der Waals surface area (Å²) in [6, 6.07) is 11.2. The lowest BCUT2D eigenvalue weighted by Crippen LogP contribution is -1.96. The molecule has 0 saturated carbocycles. The van der Waals surface area contributed by atoms with Gasteiger partial charge in [-0.15, -0.1) is 0 Å². The molecule has 2 aromatic heterocycles. The minimum absolute atomic E-state index is 0.328. The molecular formula is C17H18FN3. The minimum atomic E-state index is -0.328. The monoisotopic (exact) mass is 283 g/mol. The lowest BCUT2D eigenvalue weighted by Gasteiger charge is -2.06. The summed E-state index contributed by atoms with van der Waals surface area (Å²) < 4.78 is 14.9. The number of fused-ring (bicyclic) bond motifs is 1. The van der Waals surface area contributed by atoms with Crippen LogP contribution < -0.4 is 5.73 Å². The summed E-state index contributed by atoms with van der Waals surface area (Å²) in [4.78, 5) is 4.49. The molecular weight excluding hydrogens is 265 g/mol. The number of nitrogens with two attached hydrogens (primary N) is 1. The number of imidazole rings is 1. The molecule has 0 saturated heterocycles. The fraction of sp³-hybridized carbons (Fsp3) is 0.235. The van der Waals surface area contributed by atoms with Crippen LogP contribution in [0.5, 0.6) is 0 Å². The molecule has 0 aliphatic heterocycles. The van der Waals surface area contributed by atoms with Crippen LogP contribution in [-0.4, -0.2) is 9.38 Å². The van der Waals surface area contributed by atoms with E-state index in [1.165, 1.54) is 17.8 Å². The predicted molar refractivity (Wildman–Crippen MR) is 83.5 cm³/mol. The Labute approximate surface area is 123 Å². The first-order valence-corrected chi connectivity index (χ1v) is 7.07. The SMILES string of the molecule is CC(C)Cc1ccc(-c2nc3ccc(F)cn3c2N)cc1. The van der Waals surface area contributed by atoms with Crippen molar-refractivity contribution in [1.29, 1.82) is 0 Å². The first-order valence-electron chi connectivity index (χ1n) is 7.07. The van der Waals surface area contributed by atoms with Crippen molar-refractivity contribution < 1.29 is 4.39 Å². The van der Waals surface area contributed by atoms with Crippen LogP contribution >= 0.6 is 0 Å². The van der Waals surface area contributed by atoms with Crippen LogP contribution in [0.1, 0.15) is 19.4 Å². The van der Waals surface area contributed by atoms with Crippen molar-refractivity contribution in [3.05, 3.63) is 54.0 Å². The van der Waals surface area contributed by atoms with Gasteiger partial charge in [0.1, 0.15) is 23.0 Å². The molecule has 3 aromatic rings. The topological polar surface area (TPSA) is 43.3 Å². The van der Waals surface area contributed by atoms with Crippen LogP contribution in [0, 0.1) is 11.7 Å². The molecule has 4 heteroatoms. The fourth-order valence-corrected chi connectivity index (χ4v) is 2.52. The fourth-order valence-electron chi connectivity index (χ4n) is 2.52. The highest BCUT2D eigenvalue weighted by atomic mass is 19.1. The summed E-state index contributed by atoms with van der Waals surface area (Å²) in [6.45, 7) is 4.39. The van der Waals surface area contributed by atoms with Crippen molar-refractivity contribution in [2.24, 2.45) is 5.92 Å². The second kappa shape index (κ2) is 5.20. The molecule has 108 valence electrons. The summed E-state index contributed by atoms with van der Waals surface area (Å²) >= 11 is 0. The van der Waals surface area contributed by atoms with Crippen molar-refractivity contribution in [3.8, 4) is 11.3 Å². The number of halogens is 1. The summed E-state index contributed by atoms with van der Waals surface area (Å²) in [5.74, 6) is 0.755. The Balaban J connectivity index is 2.02. The minimum Gasteiger partial charge on any atom is -0.383 e. The van der Waals surface area contributed by atoms with Crippen molar-refractivity contribution in [1.82, 2.24) is 9.38 Å². The van der Waals surface area contributed by atoms with Gasteiger partial charge in [0, 0.05) is 11.8 Å². The molecule has 1 aromatic carbocycles. The van der Waals surface area contributed by atoms with Crippen molar-refractivity contribution >= 4 is 11.5 Å². The van der Waals surface area contributed by atoms with Gasteiger partial charge in [0.25, 0.3) is 0 Å². The Hall–Kier alpha value is -2.36. The number of anilines is 1. The Morgan fingerprint density at radius 1 is 1.14 bits per heavy atom. The van der Waals surface area contributed by atoms with Crippen LogP contribution in [0.2, 0.25) is 0 Å². The van der Waals surface area contributed by atoms with Gasteiger partial charge in [0.05, 0.1) is 0 Å². The average molecular weight is 283 g/mol. The normalized spacial score (nSPS) is 11.4. The van der Waals surface area contributed by atoms with Gasteiger partial charge in [0.2, 0.25) is 0 Å². The second-order valence-electron chi connectivity index (χ2n) is 5.72. The van der Waals surface area contributed by atoms with Crippen LogP contribution in [0.15, 0.2) is 42.6 Å². The van der Waals surface area contributed by atoms with E-state index in [0.717, 1.165) is 12.0 Å². The maximum absolute atomic E-state index is 13.3. The number of pyridine rings is 1. The van der Waals surface area contributed by atoms with E-state index in [4.69, 9.17) is 5.73 Å². The second-order valence-corrected chi connectivity index (χ2v) is 5.72. The number of aromatic nitrogens is 2. The lowest BCUT2D eigenvalue weighted by atomic mass is 10.0. The van der Waals surface area contributed by atoms with E-state index in [1.54, 1.807) is 10.5 Å². The zero-order valence-corrected chi connectivity index (χ0v) is 12.2. The standard InChI is InChI=1S/C17H18FN3/c1-11(2)9-12-3-5-13(6-4-12)16-17(19)21-10-14(18)7-8-15(21)20-16/h3-8,10-11H,9,19H2,1-2H3. The van der Waals surface area contributed by atoms with E-state index < -0.39 is 0 Å². The Bertz CT molecular complexity index is 773. The number of hydrogen-bond donors (Lipinski definition) is 1. The zero-order valence-electron chi connectivity index (χ0n) is 12.2. The molecule has 0 aliphatic rings. The van der Waals surface area contributed by atoms with Gasteiger partial charge in [-0.25, -0.2) is 9.37 Å². The van der Waals surface area contributed by atoms with Crippen LogP contribution in [0.3, 0.4) is 0 Å². The lowest BCUT2D eigenvalue weighted by molar-refractivity contribution is 0.619. The first kappa shape index (κ1) is 13.6. The first-order chi connectivity index (χ1) is 10.0. The Morgan fingerprint density at radius 2 is 1.86 bits per heavy atom. The van der Waals surface area contributed by atoms with E-state index in [2.05, 4.69) is 31.0 Å². The van der Waals surface area contributed by atoms with Gasteiger partial charge in [-0.3, -0.25) is 4.40 Å². The van der Waals surface area contributed by atoms with Crippen molar-refractivity contribution in [2.45, 2.75) is 20.3 Å². The third-order valence-electron chi connectivity index (χ3n) is 3.49. The largest absolute Gasteiger partial charge is 0.383 e. The Kier molecular flexibility index (Phi) is 3.37. The summed E-state index contributed by atoms with van der Waals surface area (Å²) in [5.41, 5.74) is 9.67. The molecule has 0 fully saturated rings. The molecule has 0 unspecified atom stereocenters. The van der Waals surface area contributed by atoms with Gasteiger partial charge >= 0.3 is 0 Å². The van der Waals surface area contributed by atoms with E-state index in [1.807, 2.05) is 12.1 Å². The molecule has 3 rings (SSSR count). The third kappa shape index (κ3) is 2.61. The summed E-state index contributed by atoms with van der Waals surface area (Å²) in [6.07, 6.45) is 2.40. The van der Waals surface area contributed by atoms with Crippen LogP contribution in [0.25, 0.3) is 16.9 Å². The molecule has 2 heterocycles. The molecule has 2 N–H and O–H groups in total. The van der Waals surface area contributed by atoms with Gasteiger partial charge < -0.3 is 5.73 Å². The molecule has 3 nitrogen and oxygen atoms in total. The number of benzene rings is 1. The van der Waals surface area contributed by atoms with Gasteiger partial charge in [0.15, 0.2) is 0 Å². The molecule has 0 amide bonds. The highest BCUT2D eigenvalue weighted by molar-refractivity contribution is 5.74. The molecule has 21 heavy (non-hydrogen) atoms. The molecule has 0 radical (unpaired) electrons. The number of nitrogen functional groups attached to an aromatic ring is 1. The van der Waals surface area contributed by atoms with E-state index in [0.29, 0.717) is 23.1 Å². The van der Waals surface area contributed by atoms with E-state index in [9.17, 15) is 4.39 Å².